The third-order valence-electron chi connectivity index (χ3n) is 5.25. The number of benzene rings is 2. The molecule has 6 nitrogen and oxygen atoms in total. The van der Waals surface area contributed by atoms with Gasteiger partial charge in [0.25, 0.3) is 5.91 Å². The van der Waals surface area contributed by atoms with E-state index in [2.05, 4.69) is 10.3 Å². The van der Waals surface area contributed by atoms with Crippen molar-refractivity contribution >= 4 is 17.5 Å². The molecule has 2 atom stereocenters. The lowest BCUT2D eigenvalue weighted by Crippen LogP contribution is -2.44. The SMILES string of the molecule is COc1ccc([C@H]2[C@H](C(=O)Nc3cccnc3)c3ccccc3C(=O)N2C)cc1. The highest BCUT2D eigenvalue weighted by atomic mass is 16.5. The van der Waals surface area contributed by atoms with Crippen LogP contribution >= 0.6 is 0 Å². The number of hydrogen-bond acceptors (Lipinski definition) is 4. The molecule has 2 aromatic carbocycles. The molecule has 4 rings (SSSR count). The molecule has 2 heterocycles. The lowest BCUT2D eigenvalue weighted by molar-refractivity contribution is -0.119. The molecule has 29 heavy (non-hydrogen) atoms. The zero-order chi connectivity index (χ0) is 20.4. The van der Waals surface area contributed by atoms with E-state index in [4.69, 9.17) is 4.74 Å². The van der Waals surface area contributed by atoms with Crippen molar-refractivity contribution in [2.24, 2.45) is 0 Å². The highest BCUT2D eigenvalue weighted by Crippen LogP contribution is 2.42. The average molecular weight is 387 g/mol. The van der Waals surface area contributed by atoms with Gasteiger partial charge in [-0.2, -0.15) is 0 Å². The van der Waals surface area contributed by atoms with Crippen molar-refractivity contribution in [1.82, 2.24) is 9.88 Å². The Morgan fingerprint density at radius 1 is 1.07 bits per heavy atom. The third-order valence-corrected chi connectivity index (χ3v) is 5.25. The van der Waals surface area contributed by atoms with Gasteiger partial charge in [0.1, 0.15) is 5.75 Å². The number of likely N-dealkylation sites (N-methyl/N-ethyl adjacent to an activating group) is 1. The molecule has 1 aliphatic rings. The average Bonchev–Trinajstić information content (AvgIpc) is 2.77. The van der Waals surface area contributed by atoms with Crippen LogP contribution in [0.3, 0.4) is 0 Å². The van der Waals surface area contributed by atoms with Crippen molar-refractivity contribution in [2.45, 2.75) is 12.0 Å². The Morgan fingerprint density at radius 3 is 2.52 bits per heavy atom. The van der Waals surface area contributed by atoms with Gasteiger partial charge in [0.15, 0.2) is 0 Å². The van der Waals surface area contributed by atoms with E-state index < -0.39 is 12.0 Å². The third kappa shape index (κ3) is 3.45. The fraction of sp³-hybridized carbons (Fsp3) is 0.174. The van der Waals surface area contributed by atoms with Gasteiger partial charge in [0, 0.05) is 18.8 Å². The first-order valence-electron chi connectivity index (χ1n) is 9.31. The molecular weight excluding hydrogens is 366 g/mol. The maximum Gasteiger partial charge on any atom is 0.254 e. The second-order valence-electron chi connectivity index (χ2n) is 6.93. The van der Waals surface area contributed by atoms with Gasteiger partial charge in [0.2, 0.25) is 5.91 Å². The Balaban J connectivity index is 1.80. The van der Waals surface area contributed by atoms with Crippen molar-refractivity contribution in [3.05, 3.63) is 89.7 Å². The van der Waals surface area contributed by atoms with E-state index >= 15 is 0 Å². The Morgan fingerprint density at radius 2 is 1.83 bits per heavy atom. The summed E-state index contributed by atoms with van der Waals surface area (Å²) in [5, 5.41) is 2.95. The zero-order valence-electron chi connectivity index (χ0n) is 16.2. The molecule has 0 saturated heterocycles. The summed E-state index contributed by atoms with van der Waals surface area (Å²) in [4.78, 5) is 32.1. The Labute approximate surface area is 169 Å². The number of ether oxygens (including phenoxy) is 1. The number of rotatable bonds is 4. The molecule has 3 aromatic rings. The van der Waals surface area contributed by atoms with Crippen LogP contribution in [0.2, 0.25) is 0 Å². The van der Waals surface area contributed by atoms with Crippen molar-refractivity contribution in [3.63, 3.8) is 0 Å². The minimum absolute atomic E-state index is 0.105. The van der Waals surface area contributed by atoms with E-state index in [-0.39, 0.29) is 11.8 Å². The Kier molecular flexibility index (Phi) is 4.99. The van der Waals surface area contributed by atoms with E-state index in [9.17, 15) is 9.59 Å². The standard InChI is InChI=1S/C23H21N3O3/c1-26-21(15-9-11-17(29-2)12-10-15)20(18-7-3-4-8-19(18)23(26)28)22(27)25-16-6-5-13-24-14-16/h3-14,20-21H,1-2H3,(H,25,27)/t20-,21+/m1/s1. The van der Waals surface area contributed by atoms with Crippen LogP contribution in [-0.4, -0.2) is 35.9 Å². The lowest BCUT2D eigenvalue weighted by atomic mass is 9.79. The molecule has 0 saturated carbocycles. The van der Waals surface area contributed by atoms with Gasteiger partial charge >= 0.3 is 0 Å². The number of carbonyl (C=O) groups is 2. The van der Waals surface area contributed by atoms with E-state index in [1.807, 2.05) is 42.5 Å². The molecule has 0 unspecified atom stereocenters. The van der Waals surface area contributed by atoms with Crippen LogP contribution in [0.15, 0.2) is 73.1 Å². The molecule has 6 heteroatoms. The largest absolute Gasteiger partial charge is 0.497 e. The molecule has 0 radical (unpaired) electrons. The molecule has 1 aromatic heterocycles. The number of nitrogens with one attached hydrogen (secondary N) is 1. The molecule has 1 aliphatic heterocycles. The van der Waals surface area contributed by atoms with Crippen molar-refractivity contribution in [1.29, 1.82) is 0 Å². The van der Waals surface area contributed by atoms with Gasteiger partial charge in [-0.05, 0) is 41.5 Å². The van der Waals surface area contributed by atoms with Crippen LogP contribution in [0.25, 0.3) is 0 Å². The second-order valence-corrected chi connectivity index (χ2v) is 6.93. The molecule has 0 spiro atoms. The quantitative estimate of drug-likeness (QED) is 0.742. The van der Waals surface area contributed by atoms with Gasteiger partial charge in [0.05, 0.1) is 31.0 Å². The van der Waals surface area contributed by atoms with Crippen LogP contribution in [0.1, 0.15) is 33.4 Å². The summed E-state index contributed by atoms with van der Waals surface area (Å²) >= 11 is 0. The van der Waals surface area contributed by atoms with Gasteiger partial charge < -0.3 is 15.0 Å². The molecule has 1 N–H and O–H groups in total. The van der Waals surface area contributed by atoms with Crippen molar-refractivity contribution in [3.8, 4) is 5.75 Å². The van der Waals surface area contributed by atoms with Crippen molar-refractivity contribution in [2.75, 3.05) is 19.5 Å². The summed E-state index contributed by atoms with van der Waals surface area (Å²) in [6.45, 7) is 0. The van der Waals surface area contributed by atoms with Crippen LogP contribution in [-0.2, 0) is 4.79 Å². The number of pyridine rings is 1. The highest BCUT2D eigenvalue weighted by molar-refractivity contribution is 6.04. The maximum atomic E-state index is 13.4. The van der Waals surface area contributed by atoms with Crippen LogP contribution in [0.5, 0.6) is 5.75 Å². The summed E-state index contributed by atoms with van der Waals surface area (Å²) in [6, 6.07) is 17.9. The van der Waals surface area contributed by atoms with Gasteiger partial charge in [-0.3, -0.25) is 14.6 Å². The number of methoxy groups -OCH3 is 1. The second kappa shape index (κ2) is 7.75. The Hall–Kier alpha value is -3.67. The molecular formula is C23H21N3O3. The van der Waals surface area contributed by atoms with Gasteiger partial charge in [-0.15, -0.1) is 0 Å². The minimum atomic E-state index is -0.567. The molecule has 0 aliphatic carbocycles. The predicted octanol–water partition coefficient (Wildman–Crippen LogP) is 3.64. The van der Waals surface area contributed by atoms with E-state index in [1.54, 1.807) is 49.7 Å². The monoisotopic (exact) mass is 387 g/mol. The first kappa shape index (κ1) is 18.7. The fourth-order valence-corrected chi connectivity index (χ4v) is 3.83. The van der Waals surface area contributed by atoms with E-state index in [1.165, 1.54) is 0 Å². The minimum Gasteiger partial charge on any atom is -0.497 e. The van der Waals surface area contributed by atoms with Crippen LogP contribution in [0.4, 0.5) is 5.69 Å². The van der Waals surface area contributed by atoms with Crippen molar-refractivity contribution < 1.29 is 14.3 Å². The predicted molar refractivity (Wildman–Crippen MR) is 110 cm³/mol. The highest BCUT2D eigenvalue weighted by Gasteiger charge is 2.42. The van der Waals surface area contributed by atoms with E-state index in [0.717, 1.165) is 16.9 Å². The van der Waals surface area contributed by atoms with Crippen LogP contribution in [0, 0.1) is 0 Å². The lowest BCUT2D eigenvalue weighted by Gasteiger charge is -2.39. The number of carbonyl (C=O) groups excluding carboxylic acids is 2. The number of hydrogen-bond donors (Lipinski definition) is 1. The first-order chi connectivity index (χ1) is 14.1. The van der Waals surface area contributed by atoms with Crippen LogP contribution < -0.4 is 10.1 Å². The number of aromatic nitrogens is 1. The number of amides is 2. The number of nitrogens with zero attached hydrogens (tertiary/aromatic N) is 2. The fourth-order valence-electron chi connectivity index (χ4n) is 3.83. The van der Waals surface area contributed by atoms with E-state index in [0.29, 0.717) is 11.3 Å². The summed E-state index contributed by atoms with van der Waals surface area (Å²) in [5.41, 5.74) is 2.74. The zero-order valence-corrected chi connectivity index (χ0v) is 16.2. The molecule has 146 valence electrons. The summed E-state index contributed by atoms with van der Waals surface area (Å²) in [6.07, 6.45) is 3.25. The number of fused-ring (bicyclic) bond motifs is 1. The number of anilines is 1. The Bertz CT molecular complexity index is 1030. The topological polar surface area (TPSA) is 71.5 Å². The summed E-state index contributed by atoms with van der Waals surface area (Å²) in [7, 11) is 3.34. The molecule has 2 amide bonds. The normalized spacial score (nSPS) is 18.1. The molecule has 0 fully saturated rings. The summed E-state index contributed by atoms with van der Waals surface area (Å²) in [5.74, 6) is -0.143. The van der Waals surface area contributed by atoms with Gasteiger partial charge in [-0.25, -0.2) is 0 Å². The maximum absolute atomic E-state index is 13.4. The smallest absolute Gasteiger partial charge is 0.254 e. The molecule has 0 bridgehead atoms. The van der Waals surface area contributed by atoms with Gasteiger partial charge in [-0.1, -0.05) is 30.3 Å². The summed E-state index contributed by atoms with van der Waals surface area (Å²) < 4.78 is 5.25. The first-order valence-corrected chi connectivity index (χ1v) is 9.31.